The Bertz CT molecular complexity index is 1630. The van der Waals surface area contributed by atoms with Gasteiger partial charge in [-0.05, 0) is 81.7 Å². The second-order valence-corrected chi connectivity index (χ2v) is 14.4. The van der Waals surface area contributed by atoms with E-state index in [2.05, 4.69) is 99.0 Å². The van der Waals surface area contributed by atoms with Gasteiger partial charge in [0.15, 0.2) is 3.95 Å². The number of anilines is 1. The number of aliphatic imine (C=N–C) groups is 1. The van der Waals surface area contributed by atoms with E-state index in [0.29, 0.717) is 5.96 Å². The Morgan fingerprint density at radius 1 is 0.921 bits per heavy atom. The van der Waals surface area contributed by atoms with Gasteiger partial charge in [-0.15, -0.1) is 11.3 Å². The number of hydrogen-bond donors (Lipinski definition) is 1. The summed E-state index contributed by atoms with van der Waals surface area (Å²) in [5.41, 5.74) is 7.24. The Hall–Kier alpha value is -2.92. The predicted molar refractivity (Wildman–Crippen MR) is 166 cm³/mol. The lowest BCUT2D eigenvalue weighted by Crippen LogP contribution is -2.52. The average molecular weight is 580 g/mol. The van der Waals surface area contributed by atoms with E-state index in [4.69, 9.17) is 22.3 Å². The fraction of sp³-hybridized carbons (Fsp3) is 0.286. The molecule has 0 bridgehead atoms. The van der Waals surface area contributed by atoms with Gasteiger partial charge in [0.2, 0.25) is 5.96 Å². The standard InChI is InChI=1S/C28H31N6S4/c1-27(2,3)29-23(30-33-21(17-36-25(33)35)19-13-9-7-10-14-19)32(28(4,5)6)24-31-34-22(18-37-26(34)38-24)20-15-11-8-12-16-20/h7-18H,1-6H3,(H,29,30)/q+1. The highest BCUT2D eigenvalue weighted by atomic mass is 32.2. The molecule has 0 unspecified atom stereocenters. The van der Waals surface area contributed by atoms with Crippen molar-refractivity contribution in [2.24, 2.45) is 4.99 Å². The zero-order chi connectivity index (χ0) is 27.1. The quantitative estimate of drug-likeness (QED) is 0.102. The van der Waals surface area contributed by atoms with Gasteiger partial charge in [0.05, 0.1) is 22.2 Å². The van der Waals surface area contributed by atoms with Crippen molar-refractivity contribution in [2.75, 3.05) is 10.3 Å². The average Bonchev–Trinajstić information content (AvgIpc) is 3.53. The second-order valence-electron chi connectivity index (χ2n) is 10.9. The van der Waals surface area contributed by atoms with Crippen LogP contribution in [0.25, 0.3) is 26.7 Å². The molecule has 196 valence electrons. The molecule has 2 aromatic carbocycles. The molecule has 0 spiro atoms. The molecule has 1 N–H and O–H groups in total. The summed E-state index contributed by atoms with van der Waals surface area (Å²) in [5, 5.41) is 10.2. The van der Waals surface area contributed by atoms with E-state index < -0.39 is 0 Å². The maximum atomic E-state index is 5.77. The summed E-state index contributed by atoms with van der Waals surface area (Å²) in [6, 6.07) is 20.7. The van der Waals surface area contributed by atoms with Crippen LogP contribution in [0, 0.1) is 3.95 Å². The smallest absolute Gasteiger partial charge is 0.276 e. The molecule has 5 rings (SSSR count). The zero-order valence-corrected chi connectivity index (χ0v) is 25.6. The lowest BCUT2D eigenvalue weighted by Gasteiger charge is -2.36. The molecule has 38 heavy (non-hydrogen) atoms. The van der Waals surface area contributed by atoms with Gasteiger partial charge in [-0.2, -0.15) is 0 Å². The van der Waals surface area contributed by atoms with Crippen molar-refractivity contribution in [3.8, 4) is 22.5 Å². The van der Waals surface area contributed by atoms with Crippen LogP contribution >= 0.6 is 46.2 Å². The van der Waals surface area contributed by atoms with E-state index >= 15 is 0 Å². The van der Waals surface area contributed by atoms with Crippen LogP contribution in [-0.4, -0.2) is 26.8 Å². The van der Waals surface area contributed by atoms with E-state index in [-0.39, 0.29) is 11.1 Å². The van der Waals surface area contributed by atoms with E-state index in [1.807, 2.05) is 33.5 Å². The summed E-state index contributed by atoms with van der Waals surface area (Å²) in [6.45, 7) is 12.8. The zero-order valence-electron chi connectivity index (χ0n) is 22.3. The molecule has 0 amide bonds. The van der Waals surface area contributed by atoms with Crippen molar-refractivity contribution in [2.45, 2.75) is 52.6 Å². The molecule has 10 heteroatoms. The Kier molecular flexibility index (Phi) is 7.25. The first-order valence-corrected chi connectivity index (χ1v) is 15.3. The first-order chi connectivity index (χ1) is 18.0. The molecule has 6 nitrogen and oxygen atoms in total. The molecule has 0 aliphatic rings. The number of benzene rings is 2. The number of rotatable bonds is 4. The molecule has 0 saturated heterocycles. The normalized spacial score (nSPS) is 12.7. The van der Waals surface area contributed by atoms with Crippen molar-refractivity contribution in [1.29, 1.82) is 0 Å². The summed E-state index contributed by atoms with van der Waals surface area (Å²) in [6.07, 6.45) is 0. The van der Waals surface area contributed by atoms with Gasteiger partial charge in [-0.1, -0.05) is 59.9 Å². The molecular formula is C28H31N6S4+. The fourth-order valence-electron chi connectivity index (χ4n) is 4.00. The van der Waals surface area contributed by atoms with E-state index in [1.54, 1.807) is 22.7 Å². The van der Waals surface area contributed by atoms with Gasteiger partial charge in [0.25, 0.3) is 10.8 Å². The number of guanidine groups is 1. The van der Waals surface area contributed by atoms with Gasteiger partial charge in [-0.3, -0.25) is 10.3 Å². The molecule has 0 aliphatic heterocycles. The molecule has 0 fully saturated rings. The summed E-state index contributed by atoms with van der Waals surface area (Å²) < 4.78 is 5.83. The number of fused-ring (bicyclic) bond motifs is 1. The highest BCUT2D eigenvalue weighted by Gasteiger charge is 2.35. The van der Waals surface area contributed by atoms with Gasteiger partial charge < -0.3 is 0 Å². The van der Waals surface area contributed by atoms with Crippen LogP contribution in [0.15, 0.2) is 76.4 Å². The third-order valence-corrected chi connectivity index (χ3v) is 8.84. The Balaban J connectivity index is 1.64. The highest BCUT2D eigenvalue weighted by molar-refractivity contribution is 7.73. The highest BCUT2D eigenvalue weighted by Crippen LogP contribution is 2.33. The van der Waals surface area contributed by atoms with Crippen molar-refractivity contribution in [3.63, 3.8) is 0 Å². The Labute approximate surface area is 240 Å². The van der Waals surface area contributed by atoms with Crippen LogP contribution in [0.3, 0.4) is 0 Å². The number of thiazole rings is 2. The van der Waals surface area contributed by atoms with Gasteiger partial charge in [-0.25, -0.2) is 9.67 Å². The van der Waals surface area contributed by atoms with Crippen LogP contribution in [0.2, 0.25) is 0 Å². The predicted octanol–water partition coefficient (Wildman–Crippen LogP) is 7.87. The number of aromatic nitrogens is 3. The minimum atomic E-state index is -0.339. The van der Waals surface area contributed by atoms with Crippen molar-refractivity contribution < 1.29 is 4.52 Å². The SMILES string of the molecule is CC(C)(C)N=C(Nn1c(-c2ccccc2)csc1=S)N(c1n[n+]2c(-c3ccccc3)csc2s1)C(C)(C)C. The monoisotopic (exact) mass is 579 g/mol. The topological polar surface area (TPSA) is 49.6 Å². The number of nitrogens with zero attached hydrogens (tertiary/aromatic N) is 5. The third kappa shape index (κ3) is 5.58. The summed E-state index contributed by atoms with van der Waals surface area (Å²) >= 11 is 10.7. The second kappa shape index (κ2) is 10.3. The third-order valence-electron chi connectivity index (χ3n) is 5.60. The van der Waals surface area contributed by atoms with Gasteiger partial charge >= 0.3 is 4.14 Å². The molecular weight excluding hydrogens is 549 g/mol. The van der Waals surface area contributed by atoms with E-state index in [9.17, 15) is 0 Å². The van der Waals surface area contributed by atoms with Crippen molar-refractivity contribution in [1.82, 2.24) is 9.77 Å². The van der Waals surface area contributed by atoms with E-state index in [0.717, 1.165) is 35.7 Å². The van der Waals surface area contributed by atoms with Crippen LogP contribution in [0.5, 0.6) is 0 Å². The molecule has 3 aromatic heterocycles. The molecule has 0 aliphatic carbocycles. The lowest BCUT2D eigenvalue weighted by molar-refractivity contribution is -0.559. The fourth-order valence-corrected chi connectivity index (χ4v) is 7.20. The minimum Gasteiger partial charge on any atom is -0.276 e. The molecule has 5 aromatic rings. The minimum absolute atomic E-state index is 0.324. The van der Waals surface area contributed by atoms with Crippen LogP contribution < -0.4 is 14.8 Å². The van der Waals surface area contributed by atoms with Crippen LogP contribution in [-0.2, 0) is 0 Å². The maximum absolute atomic E-state index is 5.77. The number of hydrogen-bond acceptors (Lipinski definition) is 6. The number of nitrogens with one attached hydrogen (secondary N) is 1. The van der Waals surface area contributed by atoms with Crippen LogP contribution in [0.1, 0.15) is 41.5 Å². The summed E-state index contributed by atoms with van der Waals surface area (Å²) in [4.78, 5) is 7.35. The summed E-state index contributed by atoms with van der Waals surface area (Å²) in [7, 11) is 0. The Morgan fingerprint density at radius 2 is 1.55 bits per heavy atom. The maximum Gasteiger partial charge on any atom is 0.354 e. The molecule has 0 radical (unpaired) electrons. The van der Waals surface area contributed by atoms with Gasteiger partial charge in [0, 0.05) is 21.6 Å². The van der Waals surface area contributed by atoms with Crippen LogP contribution in [0.4, 0.5) is 5.13 Å². The molecule has 3 heterocycles. The molecule has 0 saturated carbocycles. The largest absolute Gasteiger partial charge is 0.354 e. The van der Waals surface area contributed by atoms with Crippen molar-refractivity contribution in [3.05, 3.63) is 75.4 Å². The Morgan fingerprint density at radius 3 is 2.16 bits per heavy atom. The van der Waals surface area contributed by atoms with Crippen molar-refractivity contribution >= 4 is 61.5 Å². The summed E-state index contributed by atoms with van der Waals surface area (Å²) in [5.74, 6) is 0.694. The lowest BCUT2D eigenvalue weighted by atomic mass is 10.1. The van der Waals surface area contributed by atoms with Gasteiger partial charge in [0.1, 0.15) is 0 Å². The first-order valence-electron chi connectivity index (χ1n) is 12.3. The van der Waals surface area contributed by atoms with E-state index in [1.165, 1.54) is 11.3 Å². The molecule has 0 atom stereocenters. The first kappa shape index (κ1) is 26.7.